The van der Waals surface area contributed by atoms with Crippen LogP contribution in [0, 0.1) is 0 Å². The number of halogens is 1. The van der Waals surface area contributed by atoms with Crippen molar-refractivity contribution in [1.29, 1.82) is 0 Å². The molecule has 6 nitrogen and oxygen atoms in total. The fraction of sp³-hybridized carbons (Fsp3) is 0.182. The van der Waals surface area contributed by atoms with Crippen LogP contribution in [0.25, 0.3) is 11.0 Å². The molecule has 0 bridgehead atoms. The van der Waals surface area contributed by atoms with Gasteiger partial charge in [-0.15, -0.1) is 0 Å². The van der Waals surface area contributed by atoms with Gasteiger partial charge in [0.2, 0.25) is 5.96 Å². The van der Waals surface area contributed by atoms with Crippen LogP contribution in [0.4, 0.5) is 5.69 Å². The molecule has 0 fully saturated rings. The van der Waals surface area contributed by atoms with E-state index in [1.165, 1.54) is 0 Å². The number of hydrogen-bond donors (Lipinski definition) is 2. The summed E-state index contributed by atoms with van der Waals surface area (Å²) in [6.45, 7) is 1.40. The lowest BCUT2D eigenvalue weighted by atomic mass is 10.2. The van der Waals surface area contributed by atoms with Gasteiger partial charge >= 0.3 is 0 Å². The van der Waals surface area contributed by atoms with E-state index in [1.807, 2.05) is 0 Å². The Hall–Kier alpha value is -1.73. The Labute approximate surface area is 111 Å². The molecule has 92 valence electrons. The normalized spacial score (nSPS) is 14.4. The van der Waals surface area contributed by atoms with E-state index < -0.39 is 0 Å². The van der Waals surface area contributed by atoms with Gasteiger partial charge in [-0.1, -0.05) is 0 Å². The van der Waals surface area contributed by atoms with Crippen LogP contribution in [0.1, 0.15) is 0 Å². The fourth-order valence-electron chi connectivity index (χ4n) is 1.80. The Morgan fingerprint density at radius 3 is 2.89 bits per heavy atom. The van der Waals surface area contributed by atoms with Crippen molar-refractivity contribution in [2.75, 3.05) is 18.2 Å². The highest BCUT2D eigenvalue weighted by atomic mass is 79.9. The molecule has 3 rings (SSSR count). The lowest BCUT2D eigenvalue weighted by molar-refractivity contribution is 0.308. The molecule has 1 aliphatic heterocycles. The van der Waals surface area contributed by atoms with Crippen LogP contribution in [0.15, 0.2) is 34.0 Å². The fourth-order valence-corrected chi connectivity index (χ4v) is 2.40. The summed E-state index contributed by atoms with van der Waals surface area (Å²) in [6.07, 6.45) is 3.25. The molecule has 1 aliphatic rings. The molecule has 0 amide bonds. The molecule has 18 heavy (non-hydrogen) atoms. The minimum atomic E-state index is 0.443. The Balaban J connectivity index is 2.09. The summed E-state index contributed by atoms with van der Waals surface area (Å²) in [4.78, 5) is 12.6. The second kappa shape index (κ2) is 4.51. The third kappa shape index (κ3) is 1.81. The molecule has 0 unspecified atom stereocenters. The lowest BCUT2D eigenvalue weighted by Gasteiger charge is -2.18. The number of nitrogens with one attached hydrogen (secondary N) is 1. The number of rotatable bonds is 1. The second-order valence-electron chi connectivity index (χ2n) is 3.77. The van der Waals surface area contributed by atoms with Crippen molar-refractivity contribution in [3.05, 3.63) is 29.0 Å². The van der Waals surface area contributed by atoms with E-state index in [1.54, 1.807) is 24.5 Å². The number of guanidine groups is 1. The van der Waals surface area contributed by atoms with Gasteiger partial charge in [-0.05, 0) is 28.1 Å². The molecule has 0 saturated heterocycles. The van der Waals surface area contributed by atoms with Crippen molar-refractivity contribution in [1.82, 2.24) is 15.3 Å². The number of nitrogens with zero attached hydrogens (tertiary/aromatic N) is 4. The van der Waals surface area contributed by atoms with E-state index in [2.05, 4.69) is 36.2 Å². The predicted molar refractivity (Wildman–Crippen MR) is 71.8 cm³/mol. The van der Waals surface area contributed by atoms with Gasteiger partial charge in [-0.3, -0.25) is 15.2 Å². The average molecular weight is 308 g/mol. The number of anilines is 1. The molecule has 0 aliphatic carbocycles. The van der Waals surface area contributed by atoms with E-state index in [0.29, 0.717) is 28.2 Å². The van der Waals surface area contributed by atoms with E-state index >= 15 is 0 Å². The number of hydroxylamine groups is 1. The molecule has 1 aromatic heterocycles. The Kier molecular flexibility index (Phi) is 2.85. The van der Waals surface area contributed by atoms with Crippen LogP contribution in [0.2, 0.25) is 0 Å². The van der Waals surface area contributed by atoms with Gasteiger partial charge in [-0.25, -0.2) is 4.99 Å². The maximum absolute atomic E-state index is 10.1. The van der Waals surface area contributed by atoms with E-state index in [0.717, 1.165) is 17.1 Å². The smallest absolute Gasteiger partial charge is 0.223 e. The molecular weight excluding hydrogens is 298 g/mol. The number of hydrogen-bond acceptors (Lipinski definition) is 6. The molecule has 1 aromatic carbocycles. The maximum Gasteiger partial charge on any atom is 0.223 e. The third-order valence-electron chi connectivity index (χ3n) is 2.64. The third-order valence-corrected chi connectivity index (χ3v) is 3.43. The molecule has 2 heterocycles. The van der Waals surface area contributed by atoms with Crippen molar-refractivity contribution in [2.24, 2.45) is 4.99 Å². The number of aromatic nitrogens is 2. The summed E-state index contributed by atoms with van der Waals surface area (Å²) in [5.74, 6) is 0.443. The quantitative estimate of drug-likeness (QED) is 0.782. The lowest BCUT2D eigenvalue weighted by Crippen LogP contribution is -2.36. The largest absolute Gasteiger partial charge is 0.352 e. The van der Waals surface area contributed by atoms with Crippen LogP contribution in [0.3, 0.4) is 0 Å². The summed E-state index contributed by atoms with van der Waals surface area (Å²) < 4.78 is 0.687. The molecular formula is C11H10BrN5O. The Morgan fingerprint density at radius 1 is 1.28 bits per heavy atom. The molecule has 0 spiro atoms. The molecule has 0 atom stereocenters. The molecule has 2 N–H and O–H groups in total. The number of fused-ring (bicyclic) bond motifs is 1. The zero-order valence-corrected chi connectivity index (χ0v) is 10.9. The van der Waals surface area contributed by atoms with Crippen molar-refractivity contribution >= 4 is 38.6 Å². The number of aliphatic imine (C=N–C) groups is 1. The Morgan fingerprint density at radius 2 is 2.11 bits per heavy atom. The summed E-state index contributed by atoms with van der Waals surface area (Å²) >= 11 is 3.44. The van der Waals surface area contributed by atoms with Crippen molar-refractivity contribution in [2.45, 2.75) is 0 Å². The van der Waals surface area contributed by atoms with Gasteiger partial charge in [-0.2, -0.15) is 5.06 Å². The van der Waals surface area contributed by atoms with Gasteiger partial charge in [0.1, 0.15) is 5.52 Å². The van der Waals surface area contributed by atoms with E-state index in [-0.39, 0.29) is 0 Å². The van der Waals surface area contributed by atoms with Crippen LogP contribution >= 0.6 is 15.9 Å². The zero-order chi connectivity index (χ0) is 12.5. The van der Waals surface area contributed by atoms with Gasteiger partial charge in [0.25, 0.3) is 0 Å². The standard InChI is InChI=1S/C11H10BrN5O/c12-9-8(17(18)11-15-5-6-16-11)2-1-7-10(9)14-4-3-13-7/h1-4,18H,5-6H2,(H,15,16). The monoisotopic (exact) mass is 307 g/mol. The SMILES string of the molecule is ON(C1=NCCN1)c1ccc2nccnc2c1Br. The minimum Gasteiger partial charge on any atom is -0.352 e. The summed E-state index contributed by atoms with van der Waals surface area (Å²) in [5, 5.41) is 14.1. The van der Waals surface area contributed by atoms with Gasteiger partial charge in [0, 0.05) is 18.9 Å². The first-order valence-electron chi connectivity index (χ1n) is 5.44. The average Bonchev–Trinajstić information content (AvgIpc) is 2.93. The first kappa shape index (κ1) is 11.4. The number of benzene rings is 1. The first-order chi connectivity index (χ1) is 8.77. The highest BCUT2D eigenvalue weighted by Crippen LogP contribution is 2.31. The van der Waals surface area contributed by atoms with Crippen LogP contribution in [-0.4, -0.2) is 34.2 Å². The van der Waals surface area contributed by atoms with Crippen LogP contribution in [-0.2, 0) is 0 Å². The molecule has 0 radical (unpaired) electrons. The predicted octanol–water partition coefficient (Wildman–Crippen LogP) is 1.55. The van der Waals surface area contributed by atoms with Crippen LogP contribution < -0.4 is 10.4 Å². The van der Waals surface area contributed by atoms with E-state index in [9.17, 15) is 5.21 Å². The maximum atomic E-state index is 10.1. The van der Waals surface area contributed by atoms with Gasteiger partial charge in [0.05, 0.1) is 22.2 Å². The second-order valence-corrected chi connectivity index (χ2v) is 4.56. The van der Waals surface area contributed by atoms with Crippen molar-refractivity contribution in [3.63, 3.8) is 0 Å². The van der Waals surface area contributed by atoms with Crippen molar-refractivity contribution < 1.29 is 5.21 Å². The highest BCUT2D eigenvalue weighted by molar-refractivity contribution is 9.10. The van der Waals surface area contributed by atoms with E-state index in [4.69, 9.17) is 0 Å². The Bertz CT molecular complexity index is 630. The summed E-state index contributed by atoms with van der Waals surface area (Å²) in [5.41, 5.74) is 2.05. The highest BCUT2D eigenvalue weighted by Gasteiger charge is 2.18. The van der Waals surface area contributed by atoms with Gasteiger partial charge in [0.15, 0.2) is 0 Å². The topological polar surface area (TPSA) is 73.6 Å². The van der Waals surface area contributed by atoms with Crippen LogP contribution in [0.5, 0.6) is 0 Å². The molecule has 7 heteroatoms. The zero-order valence-electron chi connectivity index (χ0n) is 9.34. The van der Waals surface area contributed by atoms with Gasteiger partial charge < -0.3 is 5.32 Å². The molecule has 2 aromatic rings. The first-order valence-corrected chi connectivity index (χ1v) is 6.23. The minimum absolute atomic E-state index is 0.443. The van der Waals surface area contributed by atoms with Crippen molar-refractivity contribution in [3.8, 4) is 0 Å². The summed E-state index contributed by atoms with van der Waals surface area (Å²) in [6, 6.07) is 3.57. The molecule has 0 saturated carbocycles. The summed E-state index contributed by atoms with van der Waals surface area (Å²) in [7, 11) is 0.